The molecule has 1 heteroatoms. The summed E-state index contributed by atoms with van der Waals surface area (Å²) in [6.45, 7) is 6.82. The highest BCUT2D eigenvalue weighted by Crippen LogP contribution is 2.24. The van der Waals surface area contributed by atoms with Gasteiger partial charge in [-0.1, -0.05) is 56.9 Å². The van der Waals surface area contributed by atoms with Crippen LogP contribution in [0.2, 0.25) is 0 Å². The van der Waals surface area contributed by atoms with E-state index in [1.807, 2.05) is 12.1 Å². The second kappa shape index (κ2) is 4.00. The summed E-state index contributed by atoms with van der Waals surface area (Å²) in [4.78, 5) is 0. The summed E-state index contributed by atoms with van der Waals surface area (Å²) < 4.78 is 0. The van der Waals surface area contributed by atoms with Gasteiger partial charge in [-0.05, 0) is 17.4 Å². The van der Waals surface area contributed by atoms with Gasteiger partial charge >= 0.3 is 0 Å². The topological polar surface area (TPSA) is 0 Å². The van der Waals surface area contributed by atoms with Crippen molar-refractivity contribution in [3.8, 4) is 0 Å². The molecule has 0 amide bonds. The lowest BCUT2D eigenvalue weighted by molar-refractivity contribution is 0.349. The van der Waals surface area contributed by atoms with Crippen molar-refractivity contribution in [2.24, 2.45) is 5.41 Å². The van der Waals surface area contributed by atoms with Crippen LogP contribution in [0.3, 0.4) is 0 Å². The number of benzene rings is 1. The molecule has 0 nitrogen and oxygen atoms in total. The Hall–Kier alpha value is -0.715. The second-order valence-electron chi connectivity index (χ2n) is 4.44. The van der Waals surface area contributed by atoms with Crippen molar-refractivity contribution in [1.29, 1.82) is 0 Å². The lowest BCUT2D eigenvalue weighted by atomic mass is 9.82. The molecule has 1 aromatic rings. The van der Waals surface area contributed by atoms with Crippen molar-refractivity contribution in [2.75, 3.05) is 0 Å². The first kappa shape index (κ1) is 10.4. The zero-order valence-electron chi connectivity index (χ0n) is 8.80. The summed E-state index contributed by atoms with van der Waals surface area (Å²) in [7, 11) is 5.62. The first-order chi connectivity index (χ1) is 6.03. The fraction of sp³-hybridized carbons (Fsp3) is 0.500. The SMILES string of the molecule is [B]c1ccc(CC(C)(C)CC)cc1. The fourth-order valence-corrected chi connectivity index (χ4v) is 1.31. The molecule has 0 saturated carbocycles. The van der Waals surface area contributed by atoms with Crippen LogP contribution in [0.4, 0.5) is 0 Å². The molecular weight excluding hydrogens is 155 g/mol. The van der Waals surface area contributed by atoms with Crippen LogP contribution in [0.5, 0.6) is 0 Å². The molecule has 0 unspecified atom stereocenters. The van der Waals surface area contributed by atoms with E-state index in [4.69, 9.17) is 7.85 Å². The van der Waals surface area contributed by atoms with E-state index < -0.39 is 0 Å². The van der Waals surface area contributed by atoms with E-state index in [0.717, 1.165) is 11.9 Å². The van der Waals surface area contributed by atoms with E-state index in [1.165, 1.54) is 12.0 Å². The summed E-state index contributed by atoms with van der Waals surface area (Å²) in [5.41, 5.74) is 2.62. The minimum atomic E-state index is 0.399. The van der Waals surface area contributed by atoms with Gasteiger partial charge in [-0.2, -0.15) is 0 Å². The Kier molecular flexibility index (Phi) is 3.19. The van der Waals surface area contributed by atoms with Crippen LogP contribution in [-0.4, -0.2) is 7.85 Å². The van der Waals surface area contributed by atoms with Gasteiger partial charge in [-0.3, -0.25) is 0 Å². The monoisotopic (exact) mass is 172 g/mol. The van der Waals surface area contributed by atoms with Crippen molar-refractivity contribution >= 4 is 13.3 Å². The largest absolute Gasteiger partial charge is 0.113 e. The smallest absolute Gasteiger partial charge is 0.0967 e. The molecule has 0 bridgehead atoms. The van der Waals surface area contributed by atoms with E-state index in [0.29, 0.717) is 5.41 Å². The van der Waals surface area contributed by atoms with Crippen molar-refractivity contribution in [3.63, 3.8) is 0 Å². The van der Waals surface area contributed by atoms with Crippen molar-refractivity contribution in [2.45, 2.75) is 33.6 Å². The molecule has 0 aliphatic rings. The Labute approximate surface area is 82.8 Å². The van der Waals surface area contributed by atoms with Gasteiger partial charge in [0, 0.05) is 0 Å². The molecule has 0 spiro atoms. The molecule has 0 fully saturated rings. The van der Waals surface area contributed by atoms with Crippen molar-refractivity contribution < 1.29 is 0 Å². The molecule has 0 atom stereocenters. The minimum Gasteiger partial charge on any atom is -0.0967 e. The Morgan fingerprint density at radius 2 is 1.69 bits per heavy atom. The molecule has 2 radical (unpaired) electrons. The lowest BCUT2D eigenvalue weighted by Crippen LogP contribution is -2.14. The zero-order valence-corrected chi connectivity index (χ0v) is 8.80. The summed E-state index contributed by atoms with van der Waals surface area (Å²) in [5.74, 6) is 0. The van der Waals surface area contributed by atoms with Gasteiger partial charge in [0.15, 0.2) is 0 Å². The molecule has 1 aromatic carbocycles. The highest BCUT2D eigenvalue weighted by atomic mass is 14.2. The van der Waals surface area contributed by atoms with Gasteiger partial charge in [0.25, 0.3) is 0 Å². The molecule has 0 aliphatic heterocycles. The standard InChI is InChI=1S/C12H17B/c1-4-12(2,3)9-10-5-7-11(13)8-6-10/h5-8H,4,9H2,1-3H3. The van der Waals surface area contributed by atoms with Crippen LogP contribution >= 0.6 is 0 Å². The van der Waals surface area contributed by atoms with Gasteiger partial charge in [0.05, 0.1) is 0 Å². The first-order valence-corrected chi connectivity index (χ1v) is 4.88. The Morgan fingerprint density at radius 3 is 2.15 bits per heavy atom. The third kappa shape index (κ3) is 3.26. The quantitative estimate of drug-likeness (QED) is 0.614. The van der Waals surface area contributed by atoms with Gasteiger partial charge in [0.1, 0.15) is 7.85 Å². The molecule has 0 saturated heterocycles. The molecular formula is C12H17B. The van der Waals surface area contributed by atoms with Crippen LogP contribution in [0.25, 0.3) is 0 Å². The predicted molar refractivity (Wildman–Crippen MR) is 59.6 cm³/mol. The van der Waals surface area contributed by atoms with Crippen molar-refractivity contribution in [3.05, 3.63) is 29.8 Å². The van der Waals surface area contributed by atoms with Crippen LogP contribution in [-0.2, 0) is 6.42 Å². The first-order valence-electron chi connectivity index (χ1n) is 4.88. The van der Waals surface area contributed by atoms with E-state index in [1.54, 1.807) is 0 Å². The average molecular weight is 172 g/mol. The molecule has 13 heavy (non-hydrogen) atoms. The number of hydrogen-bond donors (Lipinski definition) is 0. The maximum atomic E-state index is 5.62. The van der Waals surface area contributed by atoms with E-state index in [2.05, 4.69) is 32.9 Å². The fourth-order valence-electron chi connectivity index (χ4n) is 1.31. The van der Waals surface area contributed by atoms with E-state index >= 15 is 0 Å². The number of hydrogen-bond acceptors (Lipinski definition) is 0. The summed E-state index contributed by atoms with van der Waals surface area (Å²) in [6, 6.07) is 8.18. The summed E-state index contributed by atoms with van der Waals surface area (Å²) in [6.07, 6.45) is 2.33. The molecule has 0 aliphatic carbocycles. The molecule has 0 heterocycles. The second-order valence-corrected chi connectivity index (χ2v) is 4.44. The van der Waals surface area contributed by atoms with Crippen LogP contribution in [0.15, 0.2) is 24.3 Å². The Bertz CT molecular complexity index is 259. The Balaban J connectivity index is 2.69. The van der Waals surface area contributed by atoms with Crippen LogP contribution < -0.4 is 5.46 Å². The summed E-state index contributed by atoms with van der Waals surface area (Å²) in [5, 5.41) is 0. The Morgan fingerprint density at radius 1 is 1.15 bits per heavy atom. The molecule has 68 valence electrons. The third-order valence-electron chi connectivity index (χ3n) is 2.62. The maximum absolute atomic E-state index is 5.62. The maximum Gasteiger partial charge on any atom is 0.113 e. The van der Waals surface area contributed by atoms with Gasteiger partial charge in [0.2, 0.25) is 0 Å². The minimum absolute atomic E-state index is 0.399. The van der Waals surface area contributed by atoms with Crippen LogP contribution in [0, 0.1) is 5.41 Å². The van der Waals surface area contributed by atoms with E-state index in [-0.39, 0.29) is 0 Å². The van der Waals surface area contributed by atoms with Crippen LogP contribution in [0.1, 0.15) is 32.8 Å². The zero-order chi connectivity index (χ0) is 9.90. The lowest BCUT2D eigenvalue weighted by Gasteiger charge is -2.22. The van der Waals surface area contributed by atoms with Gasteiger partial charge in [-0.25, -0.2) is 0 Å². The van der Waals surface area contributed by atoms with E-state index in [9.17, 15) is 0 Å². The molecule has 0 N–H and O–H groups in total. The normalized spacial score (nSPS) is 11.6. The average Bonchev–Trinajstić information content (AvgIpc) is 2.09. The molecule has 1 rings (SSSR count). The van der Waals surface area contributed by atoms with Crippen molar-refractivity contribution in [1.82, 2.24) is 0 Å². The summed E-state index contributed by atoms with van der Waals surface area (Å²) >= 11 is 0. The van der Waals surface area contributed by atoms with Gasteiger partial charge < -0.3 is 0 Å². The highest BCUT2D eigenvalue weighted by molar-refractivity contribution is 6.32. The molecule has 0 aromatic heterocycles. The number of rotatable bonds is 3. The highest BCUT2D eigenvalue weighted by Gasteiger charge is 2.15. The predicted octanol–water partition coefficient (Wildman–Crippen LogP) is 2.46. The van der Waals surface area contributed by atoms with Gasteiger partial charge in [-0.15, -0.1) is 0 Å². The third-order valence-corrected chi connectivity index (χ3v) is 2.62.